The maximum absolute atomic E-state index is 12.1. The third kappa shape index (κ3) is 5.00. The standard InChI is InChI=1S/C14H19N3O3.ClH/c1-9-3-4-11(16-10(2)18)7-12(9)17-14(19)13-8-20-6-5-15-13;/h3-4,7,13,15H,5-6,8H2,1-2H3,(H,16,18)(H,17,19);1H. The number of amides is 2. The summed E-state index contributed by atoms with van der Waals surface area (Å²) < 4.78 is 5.27. The van der Waals surface area contributed by atoms with Gasteiger partial charge >= 0.3 is 0 Å². The van der Waals surface area contributed by atoms with Crippen LogP contribution in [0.5, 0.6) is 0 Å². The monoisotopic (exact) mass is 313 g/mol. The molecular formula is C14H20ClN3O3. The van der Waals surface area contributed by atoms with Crippen LogP contribution in [0.1, 0.15) is 12.5 Å². The molecule has 3 N–H and O–H groups in total. The molecule has 0 bridgehead atoms. The maximum atomic E-state index is 12.1. The molecule has 116 valence electrons. The van der Waals surface area contributed by atoms with Crippen LogP contribution >= 0.6 is 12.4 Å². The minimum absolute atomic E-state index is 0. The molecule has 2 amide bonds. The van der Waals surface area contributed by atoms with Crippen molar-refractivity contribution in [3.63, 3.8) is 0 Å². The molecule has 1 aromatic rings. The first-order valence-corrected chi connectivity index (χ1v) is 6.56. The minimum Gasteiger partial charge on any atom is -0.378 e. The van der Waals surface area contributed by atoms with Crippen molar-refractivity contribution in [1.82, 2.24) is 5.32 Å². The Morgan fingerprint density at radius 3 is 2.71 bits per heavy atom. The van der Waals surface area contributed by atoms with E-state index < -0.39 is 0 Å². The van der Waals surface area contributed by atoms with Crippen molar-refractivity contribution in [2.24, 2.45) is 0 Å². The van der Waals surface area contributed by atoms with Gasteiger partial charge in [-0.25, -0.2) is 0 Å². The fraction of sp³-hybridized carbons (Fsp3) is 0.429. The average molecular weight is 314 g/mol. The Morgan fingerprint density at radius 2 is 2.10 bits per heavy atom. The van der Waals surface area contributed by atoms with Gasteiger partial charge in [0.15, 0.2) is 0 Å². The lowest BCUT2D eigenvalue weighted by atomic mass is 10.1. The highest BCUT2D eigenvalue weighted by Crippen LogP contribution is 2.20. The molecule has 0 aliphatic carbocycles. The van der Waals surface area contributed by atoms with Crippen LogP contribution in [0.3, 0.4) is 0 Å². The second-order valence-corrected chi connectivity index (χ2v) is 4.78. The Labute approximate surface area is 130 Å². The normalized spacial score (nSPS) is 17.5. The molecule has 0 radical (unpaired) electrons. The van der Waals surface area contributed by atoms with Crippen LogP contribution in [0.25, 0.3) is 0 Å². The van der Waals surface area contributed by atoms with Gasteiger partial charge in [-0.05, 0) is 24.6 Å². The van der Waals surface area contributed by atoms with E-state index in [-0.39, 0.29) is 30.3 Å². The van der Waals surface area contributed by atoms with E-state index >= 15 is 0 Å². The number of aryl methyl sites for hydroxylation is 1. The molecular weight excluding hydrogens is 294 g/mol. The number of carbonyl (C=O) groups is 2. The first kappa shape index (κ1) is 17.4. The number of hydrogen-bond acceptors (Lipinski definition) is 4. The summed E-state index contributed by atoms with van der Waals surface area (Å²) in [7, 11) is 0. The summed E-state index contributed by atoms with van der Waals surface area (Å²) in [5.74, 6) is -0.277. The zero-order valence-corrected chi connectivity index (χ0v) is 12.9. The van der Waals surface area contributed by atoms with Crippen molar-refractivity contribution >= 4 is 35.6 Å². The highest BCUT2D eigenvalue weighted by molar-refractivity contribution is 5.97. The molecule has 1 aromatic carbocycles. The number of rotatable bonds is 3. The highest BCUT2D eigenvalue weighted by atomic mass is 35.5. The van der Waals surface area contributed by atoms with Crippen LogP contribution in [0.15, 0.2) is 18.2 Å². The molecule has 6 nitrogen and oxygen atoms in total. The smallest absolute Gasteiger partial charge is 0.243 e. The van der Waals surface area contributed by atoms with Crippen LogP contribution in [0.2, 0.25) is 0 Å². The number of halogens is 1. The first-order valence-electron chi connectivity index (χ1n) is 6.56. The van der Waals surface area contributed by atoms with Crippen molar-refractivity contribution in [2.45, 2.75) is 19.9 Å². The molecule has 0 spiro atoms. The number of carbonyl (C=O) groups excluding carboxylic acids is 2. The summed E-state index contributed by atoms with van der Waals surface area (Å²) in [5, 5.41) is 8.65. The van der Waals surface area contributed by atoms with E-state index in [0.717, 1.165) is 5.56 Å². The van der Waals surface area contributed by atoms with E-state index in [9.17, 15) is 9.59 Å². The lowest BCUT2D eigenvalue weighted by Gasteiger charge is -2.23. The molecule has 2 rings (SSSR count). The van der Waals surface area contributed by atoms with Crippen LogP contribution in [-0.2, 0) is 14.3 Å². The predicted octanol–water partition coefficient (Wildman–Crippen LogP) is 1.30. The molecule has 1 saturated heterocycles. The van der Waals surface area contributed by atoms with Gasteiger partial charge in [0, 0.05) is 24.8 Å². The second kappa shape index (κ2) is 7.97. The van der Waals surface area contributed by atoms with Crippen LogP contribution in [0.4, 0.5) is 11.4 Å². The summed E-state index contributed by atoms with van der Waals surface area (Å²) in [6, 6.07) is 5.06. The second-order valence-electron chi connectivity index (χ2n) is 4.78. The number of benzene rings is 1. The third-order valence-electron chi connectivity index (χ3n) is 3.05. The largest absolute Gasteiger partial charge is 0.378 e. The summed E-state index contributed by atoms with van der Waals surface area (Å²) >= 11 is 0. The average Bonchev–Trinajstić information content (AvgIpc) is 2.43. The van der Waals surface area contributed by atoms with Gasteiger partial charge in [0.2, 0.25) is 11.8 Å². The topological polar surface area (TPSA) is 79.5 Å². The summed E-state index contributed by atoms with van der Waals surface area (Å²) in [6.45, 7) is 5.01. The molecule has 1 fully saturated rings. The van der Waals surface area contributed by atoms with E-state index in [0.29, 0.717) is 31.1 Å². The number of nitrogens with one attached hydrogen (secondary N) is 3. The molecule has 1 heterocycles. The third-order valence-corrected chi connectivity index (χ3v) is 3.05. The number of anilines is 2. The van der Waals surface area contributed by atoms with Gasteiger partial charge in [-0.3, -0.25) is 9.59 Å². The van der Waals surface area contributed by atoms with E-state index in [2.05, 4.69) is 16.0 Å². The van der Waals surface area contributed by atoms with Crippen molar-refractivity contribution in [1.29, 1.82) is 0 Å². The lowest BCUT2D eigenvalue weighted by molar-refractivity contribution is -0.120. The number of ether oxygens (including phenoxy) is 1. The molecule has 7 heteroatoms. The summed E-state index contributed by atoms with van der Waals surface area (Å²) in [6.07, 6.45) is 0. The van der Waals surface area contributed by atoms with Gasteiger partial charge < -0.3 is 20.7 Å². The van der Waals surface area contributed by atoms with Gasteiger partial charge in [0.1, 0.15) is 6.04 Å². The fourth-order valence-corrected chi connectivity index (χ4v) is 1.99. The molecule has 0 saturated carbocycles. The molecule has 1 atom stereocenters. The Hall–Kier alpha value is -1.63. The van der Waals surface area contributed by atoms with Crippen molar-refractivity contribution < 1.29 is 14.3 Å². The van der Waals surface area contributed by atoms with E-state index in [4.69, 9.17) is 4.74 Å². The quantitative estimate of drug-likeness (QED) is 0.786. The number of hydrogen-bond donors (Lipinski definition) is 3. The molecule has 1 unspecified atom stereocenters. The molecule has 1 aliphatic heterocycles. The maximum Gasteiger partial charge on any atom is 0.243 e. The number of morpholine rings is 1. The van der Waals surface area contributed by atoms with E-state index in [1.54, 1.807) is 12.1 Å². The summed E-state index contributed by atoms with van der Waals surface area (Å²) in [5.41, 5.74) is 2.28. The highest BCUT2D eigenvalue weighted by Gasteiger charge is 2.21. The van der Waals surface area contributed by atoms with Crippen LogP contribution in [-0.4, -0.2) is 37.6 Å². The molecule has 0 aromatic heterocycles. The van der Waals surface area contributed by atoms with Gasteiger partial charge in [-0.1, -0.05) is 6.07 Å². The van der Waals surface area contributed by atoms with Gasteiger partial charge in [-0.15, -0.1) is 12.4 Å². The van der Waals surface area contributed by atoms with Gasteiger partial charge in [-0.2, -0.15) is 0 Å². The Morgan fingerprint density at radius 1 is 1.33 bits per heavy atom. The molecule has 21 heavy (non-hydrogen) atoms. The zero-order valence-electron chi connectivity index (χ0n) is 12.1. The van der Waals surface area contributed by atoms with Crippen LogP contribution in [0, 0.1) is 6.92 Å². The fourth-order valence-electron chi connectivity index (χ4n) is 1.99. The van der Waals surface area contributed by atoms with Crippen LogP contribution < -0.4 is 16.0 Å². The Bertz CT molecular complexity index is 516. The van der Waals surface area contributed by atoms with Crippen molar-refractivity contribution in [3.05, 3.63) is 23.8 Å². The Kier molecular flexibility index (Phi) is 6.61. The SMILES string of the molecule is CC(=O)Nc1ccc(C)c(NC(=O)C2COCCN2)c1.Cl. The molecule has 1 aliphatic rings. The lowest BCUT2D eigenvalue weighted by Crippen LogP contribution is -2.48. The summed E-state index contributed by atoms with van der Waals surface area (Å²) in [4.78, 5) is 23.2. The van der Waals surface area contributed by atoms with E-state index in [1.807, 2.05) is 13.0 Å². The minimum atomic E-state index is -0.340. The van der Waals surface area contributed by atoms with Crippen molar-refractivity contribution in [3.8, 4) is 0 Å². The Balaban J connectivity index is 0.00000220. The first-order chi connectivity index (χ1) is 9.56. The van der Waals surface area contributed by atoms with Gasteiger partial charge in [0.25, 0.3) is 0 Å². The van der Waals surface area contributed by atoms with E-state index in [1.165, 1.54) is 6.92 Å². The zero-order chi connectivity index (χ0) is 14.5. The van der Waals surface area contributed by atoms with Crippen molar-refractivity contribution in [2.75, 3.05) is 30.4 Å². The predicted molar refractivity (Wildman–Crippen MR) is 84.0 cm³/mol. The van der Waals surface area contributed by atoms with Gasteiger partial charge in [0.05, 0.1) is 13.2 Å².